The molecule has 45 heavy (non-hydrogen) atoms. The first kappa shape index (κ1) is 40.8. The van der Waals surface area contributed by atoms with Crippen LogP contribution < -0.4 is 43.0 Å². The molecule has 18 nitrogen and oxygen atoms in total. The molecule has 0 aromatic rings. The molecule has 0 spiro atoms. The molecule has 0 radical (unpaired) electrons. The number of nitrogens with one attached hydrogen (secondary N) is 7. The normalized spacial score (nSPS) is 17.6. The van der Waals surface area contributed by atoms with Crippen LogP contribution in [0.1, 0.15) is 61.8 Å². The van der Waals surface area contributed by atoms with Gasteiger partial charge in [0.25, 0.3) is 0 Å². The highest BCUT2D eigenvalue weighted by molar-refractivity contribution is 5.97. The zero-order chi connectivity index (χ0) is 35.2. The Morgan fingerprint density at radius 2 is 0.911 bits per heavy atom. The van der Waals surface area contributed by atoms with Crippen molar-refractivity contribution >= 4 is 47.6 Å². The zero-order valence-electron chi connectivity index (χ0n) is 26.8. The van der Waals surface area contributed by atoms with E-state index in [9.17, 15) is 48.6 Å². The first-order chi connectivity index (χ1) is 20.8. The van der Waals surface area contributed by atoms with Gasteiger partial charge in [-0.15, -0.1) is 0 Å². The van der Waals surface area contributed by atoms with Gasteiger partial charge in [0.15, 0.2) is 0 Å². The number of carbonyl (C=O) groups is 8. The largest absolute Gasteiger partial charge is 0.391 e. The Labute approximate surface area is 261 Å². The van der Waals surface area contributed by atoms with Crippen molar-refractivity contribution in [2.45, 2.75) is 122 Å². The number of carbonyl (C=O) groups excluding carboxylic acids is 8. The molecular formula is C27H48N8O10. The number of hydrogen-bond donors (Lipinski definition) is 10. The van der Waals surface area contributed by atoms with Gasteiger partial charge < -0.3 is 58.0 Å². The maximum absolute atomic E-state index is 12.8. The molecule has 0 heterocycles. The van der Waals surface area contributed by atoms with Crippen LogP contribution in [-0.4, -0.2) is 118 Å². The van der Waals surface area contributed by atoms with Crippen LogP contribution in [0.25, 0.3) is 0 Å². The van der Waals surface area contributed by atoms with Crippen LogP contribution in [0.3, 0.4) is 0 Å². The summed E-state index contributed by atoms with van der Waals surface area (Å²) in [6, 6.07) is -9.42. The van der Waals surface area contributed by atoms with Crippen LogP contribution >= 0.6 is 0 Å². The summed E-state index contributed by atoms with van der Waals surface area (Å²) in [5, 5.41) is 36.5. The quantitative estimate of drug-likeness (QED) is 0.0632. The third-order valence-corrected chi connectivity index (χ3v) is 6.41. The minimum Gasteiger partial charge on any atom is -0.391 e. The summed E-state index contributed by atoms with van der Waals surface area (Å²) < 4.78 is 0. The fourth-order valence-corrected chi connectivity index (χ4v) is 3.52. The minimum atomic E-state index is -1.52. The molecular weight excluding hydrogens is 596 g/mol. The molecule has 0 aromatic heterocycles. The first-order valence-corrected chi connectivity index (χ1v) is 14.5. The van der Waals surface area contributed by atoms with Gasteiger partial charge in [-0.3, -0.25) is 33.6 Å². The lowest BCUT2D eigenvalue weighted by molar-refractivity contribution is -0.137. The molecule has 0 aliphatic carbocycles. The third-order valence-electron chi connectivity index (χ3n) is 6.41. The number of rotatable bonds is 18. The smallest absolute Gasteiger partial charge is 0.245 e. The van der Waals surface area contributed by atoms with Crippen molar-refractivity contribution in [1.82, 2.24) is 37.2 Å². The summed E-state index contributed by atoms with van der Waals surface area (Å²) in [5.74, 6) is -5.61. The summed E-state index contributed by atoms with van der Waals surface area (Å²) in [5.41, 5.74) is 5.51. The summed E-state index contributed by atoms with van der Waals surface area (Å²) in [4.78, 5) is 98.3. The van der Waals surface area contributed by atoms with E-state index in [1.165, 1.54) is 48.5 Å². The molecule has 256 valence electrons. The van der Waals surface area contributed by atoms with Crippen molar-refractivity contribution in [3.05, 3.63) is 0 Å². The van der Waals surface area contributed by atoms with Crippen molar-refractivity contribution in [3.8, 4) is 0 Å². The maximum Gasteiger partial charge on any atom is 0.245 e. The molecule has 0 unspecified atom stereocenters. The van der Waals surface area contributed by atoms with Crippen molar-refractivity contribution in [2.24, 2.45) is 5.73 Å². The van der Waals surface area contributed by atoms with Gasteiger partial charge >= 0.3 is 0 Å². The Morgan fingerprint density at radius 1 is 0.556 bits per heavy atom. The van der Waals surface area contributed by atoms with E-state index in [0.29, 0.717) is 6.29 Å². The standard InChI is InChI=1S/C27H48N8O10/c1-9-18(33-21(39)12(3)28)25(43)35-20(17(8)38)27(45)32-14(5)23(41)30-15(6)24(42)34-19(16(7)37)26(44)31-13(4)22(40)29-11(2)10-36/h10-20,37-38H,9,28H2,1-8H3,(H,29,40)(H,30,41)(H,31,44)(H,32,45)(H,33,39)(H,34,42)(H,35,43)/t11-,12-,13-,14-,15-,16+,17+,18-,19-,20-/m0/s1. The van der Waals surface area contributed by atoms with E-state index in [1.807, 2.05) is 0 Å². The number of nitrogens with two attached hydrogens (primary N) is 1. The van der Waals surface area contributed by atoms with Gasteiger partial charge in [0.1, 0.15) is 42.5 Å². The minimum absolute atomic E-state index is 0.157. The van der Waals surface area contributed by atoms with Gasteiger partial charge in [0, 0.05) is 0 Å². The molecule has 0 fully saturated rings. The molecule has 0 aliphatic rings. The van der Waals surface area contributed by atoms with E-state index in [0.717, 1.165) is 0 Å². The van der Waals surface area contributed by atoms with E-state index in [4.69, 9.17) is 5.73 Å². The molecule has 0 rings (SSSR count). The van der Waals surface area contributed by atoms with Gasteiger partial charge in [-0.05, 0) is 54.9 Å². The lowest BCUT2D eigenvalue weighted by Gasteiger charge is -2.27. The van der Waals surface area contributed by atoms with Crippen molar-refractivity contribution in [2.75, 3.05) is 0 Å². The van der Waals surface area contributed by atoms with E-state index >= 15 is 0 Å². The molecule has 18 heteroatoms. The SMILES string of the molecule is CC[C@H](NC(=O)[C@H](C)N)C(=O)N[C@H](C(=O)N[C@@H](C)C(=O)N[C@@H](C)C(=O)N[C@H](C(=O)N[C@@H](C)C(=O)N[C@@H](C)C=O)[C@@H](C)O)[C@@H](C)O. The van der Waals surface area contributed by atoms with Gasteiger partial charge in [0.05, 0.1) is 24.3 Å². The average Bonchev–Trinajstić information content (AvgIpc) is 2.95. The maximum atomic E-state index is 12.8. The summed E-state index contributed by atoms with van der Waals surface area (Å²) in [6.45, 7) is 10.8. The van der Waals surface area contributed by atoms with Gasteiger partial charge in [-0.1, -0.05) is 6.92 Å². The number of amides is 7. The molecule has 7 amide bonds. The van der Waals surface area contributed by atoms with Gasteiger partial charge in [-0.2, -0.15) is 0 Å². The Bertz CT molecular complexity index is 1080. The van der Waals surface area contributed by atoms with Crippen LogP contribution in [-0.2, 0) is 38.4 Å². The molecule has 0 saturated heterocycles. The molecule has 0 saturated carbocycles. The van der Waals surface area contributed by atoms with Crippen LogP contribution in [0.15, 0.2) is 0 Å². The average molecular weight is 645 g/mol. The zero-order valence-corrected chi connectivity index (χ0v) is 26.8. The monoisotopic (exact) mass is 644 g/mol. The highest BCUT2D eigenvalue weighted by Crippen LogP contribution is 2.01. The molecule has 0 aromatic carbocycles. The van der Waals surface area contributed by atoms with Crippen LogP contribution in [0.2, 0.25) is 0 Å². The summed E-state index contributed by atoms with van der Waals surface area (Å²) >= 11 is 0. The lowest BCUT2D eigenvalue weighted by atomic mass is 10.1. The van der Waals surface area contributed by atoms with Crippen LogP contribution in [0.4, 0.5) is 0 Å². The topological polar surface area (TPSA) is 287 Å². The van der Waals surface area contributed by atoms with Gasteiger partial charge in [-0.25, -0.2) is 0 Å². The highest BCUT2D eigenvalue weighted by Gasteiger charge is 2.33. The Balaban J connectivity index is 5.28. The second-order valence-corrected chi connectivity index (χ2v) is 10.8. The second-order valence-electron chi connectivity index (χ2n) is 10.8. The van der Waals surface area contributed by atoms with E-state index in [-0.39, 0.29) is 6.42 Å². The predicted molar refractivity (Wildman–Crippen MR) is 160 cm³/mol. The van der Waals surface area contributed by atoms with Crippen molar-refractivity contribution in [3.63, 3.8) is 0 Å². The Morgan fingerprint density at radius 3 is 1.27 bits per heavy atom. The lowest BCUT2D eigenvalue weighted by Crippen LogP contribution is -2.61. The Kier molecular flexibility index (Phi) is 17.5. The molecule has 0 bridgehead atoms. The summed E-state index contributed by atoms with van der Waals surface area (Å²) in [6.07, 6.45) is -2.16. The van der Waals surface area contributed by atoms with Crippen molar-refractivity contribution in [1.29, 1.82) is 0 Å². The number of aliphatic hydroxyl groups is 2. The third kappa shape index (κ3) is 14.0. The molecule has 0 aliphatic heterocycles. The van der Waals surface area contributed by atoms with Crippen LogP contribution in [0.5, 0.6) is 0 Å². The number of hydrogen-bond acceptors (Lipinski definition) is 11. The molecule has 10 atom stereocenters. The van der Waals surface area contributed by atoms with Crippen molar-refractivity contribution < 1.29 is 48.6 Å². The van der Waals surface area contributed by atoms with E-state index in [1.54, 1.807) is 6.92 Å². The van der Waals surface area contributed by atoms with Gasteiger partial charge in [0.2, 0.25) is 41.4 Å². The Hall–Kier alpha value is -4.16. The predicted octanol–water partition coefficient (Wildman–Crippen LogP) is -4.82. The first-order valence-electron chi connectivity index (χ1n) is 14.5. The number of aldehydes is 1. The fraction of sp³-hybridized carbons (Fsp3) is 0.704. The van der Waals surface area contributed by atoms with Crippen LogP contribution in [0, 0.1) is 0 Å². The highest BCUT2D eigenvalue weighted by atomic mass is 16.3. The fourth-order valence-electron chi connectivity index (χ4n) is 3.52. The second kappa shape index (κ2) is 19.3. The molecule has 11 N–H and O–H groups in total. The van der Waals surface area contributed by atoms with E-state index < -0.39 is 102 Å². The summed E-state index contributed by atoms with van der Waals surface area (Å²) in [7, 11) is 0. The van der Waals surface area contributed by atoms with E-state index in [2.05, 4.69) is 37.2 Å². The number of aliphatic hydroxyl groups excluding tert-OH is 2.